The summed E-state index contributed by atoms with van der Waals surface area (Å²) in [5.74, 6) is 0. The number of benzene rings is 1. The third kappa shape index (κ3) is 3.62. The largest absolute Gasteiger partial charge is 0.322 e. The quantitative estimate of drug-likeness (QED) is 0.921. The molecule has 4 rings (SSSR count). The number of urea groups is 1. The molecule has 1 atom stereocenters. The lowest BCUT2D eigenvalue weighted by molar-refractivity contribution is 0.0954. The molecule has 1 aromatic heterocycles. The molecule has 1 saturated carbocycles. The lowest BCUT2D eigenvalue weighted by Gasteiger charge is -2.41. The second kappa shape index (κ2) is 6.95. The van der Waals surface area contributed by atoms with Gasteiger partial charge in [-0.1, -0.05) is 30.3 Å². The topological polar surface area (TPSA) is 35.6 Å². The molecule has 1 aliphatic carbocycles. The third-order valence-corrected chi connectivity index (χ3v) is 5.69. The van der Waals surface area contributed by atoms with Crippen molar-refractivity contribution in [2.75, 3.05) is 25.0 Å². The van der Waals surface area contributed by atoms with Crippen LogP contribution in [0.15, 0.2) is 47.8 Å². The van der Waals surface area contributed by atoms with Gasteiger partial charge < -0.3 is 4.90 Å². The lowest BCUT2D eigenvalue weighted by Crippen LogP contribution is -2.57. The van der Waals surface area contributed by atoms with Gasteiger partial charge in [0.2, 0.25) is 0 Å². The van der Waals surface area contributed by atoms with Gasteiger partial charge in [-0.15, -0.1) is 11.3 Å². The monoisotopic (exact) mass is 341 g/mol. The number of rotatable bonds is 4. The van der Waals surface area contributed by atoms with E-state index in [1.165, 1.54) is 18.4 Å². The van der Waals surface area contributed by atoms with E-state index in [1.54, 1.807) is 11.3 Å². The summed E-state index contributed by atoms with van der Waals surface area (Å²) in [4.78, 5) is 17.4. The number of thiophene rings is 1. The van der Waals surface area contributed by atoms with Gasteiger partial charge >= 0.3 is 6.03 Å². The van der Waals surface area contributed by atoms with Crippen molar-refractivity contribution < 1.29 is 4.79 Å². The van der Waals surface area contributed by atoms with Crippen LogP contribution in [0.2, 0.25) is 0 Å². The van der Waals surface area contributed by atoms with Crippen LogP contribution in [0, 0.1) is 0 Å². The molecule has 0 radical (unpaired) electrons. The summed E-state index contributed by atoms with van der Waals surface area (Å²) in [6.07, 6.45) is 3.56. The van der Waals surface area contributed by atoms with Crippen molar-refractivity contribution in [3.63, 3.8) is 0 Å². The van der Waals surface area contributed by atoms with E-state index in [2.05, 4.69) is 34.5 Å². The van der Waals surface area contributed by atoms with E-state index in [-0.39, 0.29) is 12.1 Å². The normalized spacial score (nSPS) is 21.7. The van der Waals surface area contributed by atoms with Gasteiger partial charge in [-0.3, -0.25) is 10.2 Å². The van der Waals surface area contributed by atoms with E-state index >= 15 is 0 Å². The minimum absolute atomic E-state index is 0.0360. The first kappa shape index (κ1) is 15.7. The molecule has 1 saturated heterocycles. The van der Waals surface area contributed by atoms with Crippen LogP contribution >= 0.6 is 11.3 Å². The molecule has 2 heterocycles. The standard InChI is InChI=1S/C19H23N3OS/c23-19(20-18-7-4-12-24-18)22-11-10-21(16-8-9-16)14-17(22)13-15-5-2-1-3-6-15/h1-7,12,16-17H,8-11,13-14H2,(H,20,23). The first-order chi connectivity index (χ1) is 11.8. The number of carbonyl (C=O) groups excluding carboxylic acids is 1. The Labute approximate surface area is 147 Å². The van der Waals surface area contributed by atoms with Gasteiger partial charge in [0.05, 0.1) is 11.0 Å². The Morgan fingerprint density at radius 1 is 1.12 bits per heavy atom. The first-order valence-corrected chi connectivity index (χ1v) is 9.56. The SMILES string of the molecule is O=C(Nc1cccs1)N1CCN(C2CC2)CC1Cc1ccccc1. The predicted molar refractivity (Wildman–Crippen MR) is 98.6 cm³/mol. The Morgan fingerprint density at radius 3 is 2.67 bits per heavy atom. The highest BCUT2D eigenvalue weighted by Crippen LogP contribution is 2.30. The second-order valence-electron chi connectivity index (χ2n) is 6.67. The molecule has 24 heavy (non-hydrogen) atoms. The summed E-state index contributed by atoms with van der Waals surface area (Å²) >= 11 is 1.57. The number of nitrogens with zero attached hydrogens (tertiary/aromatic N) is 2. The average molecular weight is 341 g/mol. The van der Waals surface area contributed by atoms with Crippen molar-refractivity contribution in [1.29, 1.82) is 0 Å². The van der Waals surface area contributed by atoms with E-state index in [9.17, 15) is 4.79 Å². The van der Waals surface area contributed by atoms with E-state index in [0.717, 1.165) is 37.1 Å². The number of hydrogen-bond acceptors (Lipinski definition) is 3. The highest BCUT2D eigenvalue weighted by molar-refractivity contribution is 7.14. The van der Waals surface area contributed by atoms with Crippen LogP contribution in [0.3, 0.4) is 0 Å². The fourth-order valence-electron chi connectivity index (χ4n) is 3.51. The van der Waals surface area contributed by atoms with Gasteiger partial charge in [-0.05, 0) is 42.3 Å². The van der Waals surface area contributed by atoms with Gasteiger partial charge in [-0.2, -0.15) is 0 Å². The van der Waals surface area contributed by atoms with Crippen molar-refractivity contribution in [1.82, 2.24) is 9.80 Å². The molecule has 1 aliphatic heterocycles. The van der Waals surface area contributed by atoms with Gasteiger partial charge in [0.15, 0.2) is 0 Å². The van der Waals surface area contributed by atoms with Crippen LogP contribution in [0.1, 0.15) is 18.4 Å². The number of nitrogens with one attached hydrogen (secondary N) is 1. The fourth-order valence-corrected chi connectivity index (χ4v) is 4.11. The molecule has 0 spiro atoms. The summed E-state index contributed by atoms with van der Waals surface area (Å²) in [7, 11) is 0. The Balaban J connectivity index is 1.48. The fraction of sp³-hybridized carbons (Fsp3) is 0.421. The van der Waals surface area contributed by atoms with Crippen LogP contribution in [0.4, 0.5) is 9.80 Å². The molecular weight excluding hydrogens is 318 g/mol. The Bertz CT molecular complexity index is 669. The molecule has 2 fully saturated rings. The number of amides is 2. The third-order valence-electron chi connectivity index (χ3n) is 4.90. The molecule has 1 N–H and O–H groups in total. The minimum atomic E-state index is 0.0360. The summed E-state index contributed by atoms with van der Waals surface area (Å²) in [6, 6.07) is 15.5. The molecule has 126 valence electrons. The summed E-state index contributed by atoms with van der Waals surface area (Å²) < 4.78 is 0. The molecule has 2 amide bonds. The first-order valence-electron chi connectivity index (χ1n) is 8.69. The Kier molecular flexibility index (Phi) is 4.54. The molecule has 1 unspecified atom stereocenters. The molecule has 2 aromatic rings. The number of anilines is 1. The molecule has 1 aromatic carbocycles. The summed E-state index contributed by atoms with van der Waals surface area (Å²) in [5.41, 5.74) is 1.30. The van der Waals surface area contributed by atoms with Crippen LogP contribution in [0.5, 0.6) is 0 Å². The number of piperazine rings is 1. The molecule has 0 bridgehead atoms. The number of hydrogen-bond donors (Lipinski definition) is 1. The van der Waals surface area contributed by atoms with Gasteiger partial charge in [0, 0.05) is 25.7 Å². The van der Waals surface area contributed by atoms with Gasteiger partial charge in [0.1, 0.15) is 0 Å². The molecule has 5 heteroatoms. The predicted octanol–water partition coefficient (Wildman–Crippen LogP) is 3.67. The lowest BCUT2D eigenvalue weighted by atomic mass is 10.0. The van der Waals surface area contributed by atoms with Crippen LogP contribution in [-0.4, -0.2) is 47.5 Å². The van der Waals surface area contributed by atoms with Crippen molar-refractivity contribution >= 4 is 22.4 Å². The molecular formula is C19H23N3OS. The van der Waals surface area contributed by atoms with Crippen LogP contribution in [-0.2, 0) is 6.42 Å². The van der Waals surface area contributed by atoms with Crippen LogP contribution < -0.4 is 5.32 Å². The van der Waals surface area contributed by atoms with Crippen molar-refractivity contribution in [3.05, 3.63) is 53.4 Å². The van der Waals surface area contributed by atoms with E-state index in [1.807, 2.05) is 28.5 Å². The Morgan fingerprint density at radius 2 is 1.96 bits per heavy atom. The molecule has 4 nitrogen and oxygen atoms in total. The smallest absolute Gasteiger partial charge is 0.319 e. The van der Waals surface area contributed by atoms with Gasteiger partial charge in [0.25, 0.3) is 0 Å². The van der Waals surface area contributed by atoms with Gasteiger partial charge in [-0.25, -0.2) is 4.79 Å². The highest BCUT2D eigenvalue weighted by atomic mass is 32.1. The zero-order valence-electron chi connectivity index (χ0n) is 13.7. The highest BCUT2D eigenvalue weighted by Gasteiger charge is 2.37. The minimum Gasteiger partial charge on any atom is -0.319 e. The summed E-state index contributed by atoms with van der Waals surface area (Å²) in [5, 5.41) is 5.96. The second-order valence-corrected chi connectivity index (χ2v) is 7.62. The van der Waals surface area contributed by atoms with Crippen molar-refractivity contribution in [3.8, 4) is 0 Å². The maximum Gasteiger partial charge on any atom is 0.322 e. The molecule has 2 aliphatic rings. The number of carbonyl (C=O) groups is 1. The zero-order chi connectivity index (χ0) is 16.4. The maximum absolute atomic E-state index is 12.8. The van der Waals surface area contributed by atoms with E-state index in [4.69, 9.17) is 0 Å². The van der Waals surface area contributed by atoms with Crippen molar-refractivity contribution in [2.45, 2.75) is 31.3 Å². The summed E-state index contributed by atoms with van der Waals surface area (Å²) in [6.45, 7) is 2.79. The van der Waals surface area contributed by atoms with E-state index < -0.39 is 0 Å². The van der Waals surface area contributed by atoms with Crippen LogP contribution in [0.25, 0.3) is 0 Å². The zero-order valence-corrected chi connectivity index (χ0v) is 14.5. The Hall–Kier alpha value is -1.85. The van der Waals surface area contributed by atoms with E-state index in [0.29, 0.717) is 0 Å². The maximum atomic E-state index is 12.8. The van der Waals surface area contributed by atoms with Crippen molar-refractivity contribution in [2.24, 2.45) is 0 Å². The average Bonchev–Trinajstić information content (AvgIpc) is 3.34.